The number of rotatable bonds is 6. The number of nitrogens with zero attached hydrogens (tertiary/aromatic N) is 1. The van der Waals surface area contributed by atoms with Crippen molar-refractivity contribution in [3.05, 3.63) is 0 Å². The average Bonchev–Trinajstić information content (AvgIpc) is 2.11. The summed E-state index contributed by atoms with van der Waals surface area (Å²) in [6.07, 6.45) is -1.12. The molecule has 0 atom stereocenters. The molecular weight excluding hydrogens is 220 g/mol. The van der Waals surface area contributed by atoms with Crippen molar-refractivity contribution in [2.75, 3.05) is 19.6 Å². The van der Waals surface area contributed by atoms with Gasteiger partial charge in [-0.3, -0.25) is 0 Å². The predicted molar refractivity (Wildman–Crippen MR) is 54.0 cm³/mol. The van der Waals surface area contributed by atoms with Gasteiger partial charge in [-0.1, -0.05) is 6.92 Å². The molecule has 90 valence electrons. The molecule has 0 aromatic carbocycles. The first kappa shape index (κ1) is 14.2. The molecule has 0 aliphatic heterocycles. The van der Waals surface area contributed by atoms with E-state index in [1.165, 1.54) is 4.72 Å². The van der Waals surface area contributed by atoms with Gasteiger partial charge in [0.25, 0.3) is 0 Å². The lowest BCUT2D eigenvalue weighted by Gasteiger charge is -2.34. The van der Waals surface area contributed by atoms with Crippen LogP contribution in [-0.4, -0.2) is 38.0 Å². The first-order valence-electron chi connectivity index (χ1n) is 4.95. The Morgan fingerprint density at radius 1 is 1.27 bits per heavy atom. The van der Waals surface area contributed by atoms with Crippen LogP contribution in [0.3, 0.4) is 0 Å². The monoisotopic (exact) mass is 238 g/mol. The van der Waals surface area contributed by atoms with Gasteiger partial charge in [0.15, 0.2) is 6.09 Å². The van der Waals surface area contributed by atoms with Crippen LogP contribution in [0.2, 0.25) is 0 Å². The predicted octanol–water partition coefficient (Wildman–Crippen LogP) is -0.569. The molecule has 1 N–H and O–H groups in total. The Bertz CT molecular complexity index is 309. The molecule has 0 aromatic heterocycles. The molecule has 0 heterocycles. The van der Waals surface area contributed by atoms with E-state index < -0.39 is 16.3 Å². The van der Waals surface area contributed by atoms with Crippen molar-refractivity contribution >= 4 is 16.3 Å². The van der Waals surface area contributed by atoms with Crippen LogP contribution in [0.1, 0.15) is 27.2 Å². The standard InChI is InChI=1S/C8H18N2O4S/c1-4-7-10(5-2,6-3)15(13,14)9-8(11)12/h9H,4-7H2,1-3H3. The van der Waals surface area contributed by atoms with E-state index in [1.807, 2.05) is 6.92 Å². The third-order valence-electron chi connectivity index (χ3n) is 2.51. The third-order valence-corrected chi connectivity index (χ3v) is 4.65. The lowest BCUT2D eigenvalue weighted by atomic mass is 10.4. The second-order valence-corrected chi connectivity index (χ2v) is 5.21. The van der Waals surface area contributed by atoms with Gasteiger partial charge in [0, 0.05) is 0 Å². The van der Waals surface area contributed by atoms with E-state index in [9.17, 15) is 18.3 Å². The number of nitrogens with one attached hydrogen (secondary N) is 1. The smallest absolute Gasteiger partial charge is 0.395 e. The first-order chi connectivity index (χ1) is 6.85. The Morgan fingerprint density at radius 3 is 2.00 bits per heavy atom. The van der Waals surface area contributed by atoms with Gasteiger partial charge in [0.05, 0.1) is 19.6 Å². The molecular formula is C8H18N2O4S. The molecule has 0 bridgehead atoms. The number of hydrogen-bond donors (Lipinski definition) is 1. The largest absolute Gasteiger partial charge is 0.529 e. The summed E-state index contributed by atoms with van der Waals surface area (Å²) in [5, 5.41) is 10.3. The Balaban J connectivity index is 5.13. The minimum Gasteiger partial charge on any atom is -0.529 e. The third kappa shape index (κ3) is 3.07. The minimum atomic E-state index is -3.92. The number of quaternary nitrogens is 1. The molecule has 0 unspecified atom stereocenters. The van der Waals surface area contributed by atoms with Crippen LogP contribution in [-0.2, 0) is 10.2 Å². The van der Waals surface area contributed by atoms with Gasteiger partial charge in [-0.2, -0.15) is 8.42 Å². The Labute approximate surface area is 90.7 Å². The topological polar surface area (TPSA) is 86.3 Å². The lowest BCUT2D eigenvalue weighted by Crippen LogP contribution is -2.60. The summed E-state index contributed by atoms with van der Waals surface area (Å²) in [6.45, 7) is 6.32. The second-order valence-electron chi connectivity index (χ2n) is 3.28. The van der Waals surface area contributed by atoms with E-state index in [0.29, 0.717) is 26.1 Å². The normalized spacial score (nSPS) is 12.5. The molecule has 15 heavy (non-hydrogen) atoms. The Morgan fingerprint density at radius 2 is 1.73 bits per heavy atom. The van der Waals surface area contributed by atoms with Crippen LogP contribution in [0.15, 0.2) is 0 Å². The molecule has 0 spiro atoms. The van der Waals surface area contributed by atoms with Crippen LogP contribution in [0.5, 0.6) is 0 Å². The van der Waals surface area contributed by atoms with Crippen LogP contribution < -0.4 is 9.83 Å². The molecule has 1 amide bonds. The van der Waals surface area contributed by atoms with Crippen LogP contribution in [0, 0.1) is 0 Å². The van der Waals surface area contributed by atoms with Crippen molar-refractivity contribution in [2.45, 2.75) is 27.2 Å². The van der Waals surface area contributed by atoms with Gasteiger partial charge < -0.3 is 9.90 Å². The molecule has 0 rings (SSSR count). The van der Waals surface area contributed by atoms with Crippen molar-refractivity contribution in [1.29, 1.82) is 0 Å². The van der Waals surface area contributed by atoms with Crippen LogP contribution in [0.25, 0.3) is 0 Å². The van der Waals surface area contributed by atoms with Crippen molar-refractivity contribution in [1.82, 2.24) is 4.72 Å². The van der Waals surface area contributed by atoms with E-state index >= 15 is 0 Å². The van der Waals surface area contributed by atoms with Gasteiger partial charge in [0.1, 0.15) is 0 Å². The molecule has 0 saturated heterocycles. The highest BCUT2D eigenvalue weighted by atomic mass is 32.2. The maximum absolute atomic E-state index is 11.8. The van der Waals surface area contributed by atoms with E-state index in [1.54, 1.807) is 13.8 Å². The van der Waals surface area contributed by atoms with Crippen LogP contribution >= 0.6 is 0 Å². The summed E-state index contributed by atoms with van der Waals surface area (Å²) in [4.78, 5) is 10.3. The number of carbonyl (C=O) groups is 1. The molecule has 0 saturated carbocycles. The van der Waals surface area contributed by atoms with E-state index in [-0.39, 0.29) is 3.89 Å². The van der Waals surface area contributed by atoms with Gasteiger partial charge in [0.2, 0.25) is 0 Å². The summed E-state index contributed by atoms with van der Waals surface area (Å²) in [5.74, 6) is 0. The Kier molecular flexibility index (Phi) is 5.02. The number of carbonyl (C=O) groups excluding carboxylic acids is 1. The second kappa shape index (κ2) is 5.32. The van der Waals surface area contributed by atoms with Crippen molar-refractivity contribution in [3.63, 3.8) is 0 Å². The van der Waals surface area contributed by atoms with Gasteiger partial charge >= 0.3 is 10.2 Å². The molecule has 6 nitrogen and oxygen atoms in total. The van der Waals surface area contributed by atoms with E-state index in [2.05, 4.69) is 0 Å². The maximum Gasteiger partial charge on any atom is 0.395 e. The highest BCUT2D eigenvalue weighted by molar-refractivity contribution is 7.84. The number of hydrogen-bond acceptors (Lipinski definition) is 4. The summed E-state index contributed by atoms with van der Waals surface area (Å²) in [5.41, 5.74) is 0. The minimum absolute atomic E-state index is 0.280. The summed E-state index contributed by atoms with van der Waals surface area (Å²) >= 11 is 0. The van der Waals surface area contributed by atoms with Crippen LogP contribution in [0.4, 0.5) is 4.79 Å². The van der Waals surface area contributed by atoms with Crippen molar-refractivity contribution < 1.29 is 22.2 Å². The van der Waals surface area contributed by atoms with Gasteiger partial charge in [-0.25, -0.2) is 8.61 Å². The zero-order chi connectivity index (χ0) is 12.1. The van der Waals surface area contributed by atoms with Gasteiger partial charge in [-0.05, 0) is 20.3 Å². The number of carboxylic acid groups (broad SMARTS) is 1. The molecule has 0 aliphatic carbocycles. The number of amides is 1. The fourth-order valence-corrected chi connectivity index (χ4v) is 3.12. The van der Waals surface area contributed by atoms with E-state index in [4.69, 9.17) is 0 Å². The molecule has 0 fully saturated rings. The SMILES string of the molecule is CCC[N+](CC)(CC)S(=O)(=O)NC(=O)[O-]. The fourth-order valence-electron chi connectivity index (χ4n) is 1.61. The average molecular weight is 238 g/mol. The zero-order valence-electron chi connectivity index (χ0n) is 9.32. The molecule has 0 aromatic rings. The summed E-state index contributed by atoms with van der Waals surface area (Å²) < 4.78 is 24.7. The lowest BCUT2D eigenvalue weighted by molar-refractivity contribution is -0.803. The van der Waals surface area contributed by atoms with E-state index in [0.717, 1.165) is 0 Å². The van der Waals surface area contributed by atoms with Crippen molar-refractivity contribution in [2.24, 2.45) is 0 Å². The van der Waals surface area contributed by atoms with Crippen molar-refractivity contribution in [3.8, 4) is 0 Å². The summed E-state index contributed by atoms with van der Waals surface area (Å²) in [7, 11) is -3.92. The zero-order valence-corrected chi connectivity index (χ0v) is 10.1. The maximum atomic E-state index is 11.8. The molecule has 0 radical (unpaired) electrons. The Hall–Kier alpha value is -0.820. The highest BCUT2D eigenvalue weighted by Gasteiger charge is 2.38. The highest BCUT2D eigenvalue weighted by Crippen LogP contribution is 2.14. The quantitative estimate of drug-likeness (QED) is 0.628. The first-order valence-corrected chi connectivity index (χ1v) is 6.39. The summed E-state index contributed by atoms with van der Waals surface area (Å²) in [6, 6.07) is 0. The van der Waals surface area contributed by atoms with Gasteiger partial charge in [-0.15, -0.1) is 0 Å². The fraction of sp³-hybridized carbons (Fsp3) is 0.875. The molecule has 0 aliphatic rings. The molecule has 7 heteroatoms.